The number of ketones is 1. The van der Waals surface area contributed by atoms with Gasteiger partial charge >= 0.3 is 0 Å². The van der Waals surface area contributed by atoms with Crippen molar-refractivity contribution in [2.24, 2.45) is 0 Å². The number of carbonyl (C=O) groups is 1. The summed E-state index contributed by atoms with van der Waals surface area (Å²) in [6.45, 7) is 4.72. The van der Waals surface area contributed by atoms with Gasteiger partial charge in [0, 0.05) is 23.5 Å². The third-order valence-corrected chi connectivity index (χ3v) is 4.88. The third-order valence-electron chi connectivity index (χ3n) is 4.88. The van der Waals surface area contributed by atoms with Crippen LogP contribution in [-0.2, 0) is 6.54 Å². The van der Waals surface area contributed by atoms with Crippen LogP contribution in [0.25, 0.3) is 5.69 Å². The molecule has 0 atom stereocenters. The lowest BCUT2D eigenvalue weighted by molar-refractivity contribution is 0.0921. The number of nitrogens with zero attached hydrogens (tertiary/aromatic N) is 5. The summed E-state index contributed by atoms with van der Waals surface area (Å²) in [7, 11) is 0. The zero-order chi connectivity index (χ0) is 20.2. The van der Waals surface area contributed by atoms with E-state index in [9.17, 15) is 4.79 Å². The average molecular weight is 387 g/mol. The average Bonchev–Trinajstić information content (AvgIpc) is 3.38. The lowest BCUT2D eigenvalue weighted by atomic mass is 10.1. The van der Waals surface area contributed by atoms with Gasteiger partial charge < -0.3 is 9.30 Å². The number of carbonyl (C=O) groups excluding carboxylic acids is 1. The quantitative estimate of drug-likeness (QED) is 0.455. The van der Waals surface area contributed by atoms with E-state index in [1.54, 1.807) is 16.8 Å². The molecule has 0 saturated carbocycles. The predicted octanol–water partition coefficient (Wildman–Crippen LogP) is 3.39. The van der Waals surface area contributed by atoms with Gasteiger partial charge in [-0.3, -0.25) is 4.79 Å². The zero-order valence-electron chi connectivity index (χ0n) is 16.3. The molecule has 29 heavy (non-hydrogen) atoms. The number of aryl methyl sites for hydroxylation is 1. The summed E-state index contributed by atoms with van der Waals surface area (Å²) in [6.07, 6.45) is 1.52. The molecule has 7 heteroatoms. The molecule has 4 rings (SSSR count). The fourth-order valence-corrected chi connectivity index (χ4v) is 3.29. The standard InChI is InChI=1S/C22H21N5O2/c1-16-12-21(17(2)26(16)13-18-6-4-3-5-7-18)22(28)14-29-20-10-8-19(9-11-20)27-15-23-24-25-27/h3-12,15H,13-14H2,1-2H3. The number of Topliss-reactive ketones (excluding diaryl/α,β-unsaturated/α-hetero) is 1. The van der Waals surface area contributed by atoms with Crippen molar-refractivity contribution in [3.63, 3.8) is 0 Å². The predicted molar refractivity (Wildman–Crippen MR) is 108 cm³/mol. The van der Waals surface area contributed by atoms with Crippen LogP contribution in [0.15, 0.2) is 67.0 Å². The van der Waals surface area contributed by atoms with Crippen LogP contribution in [0, 0.1) is 13.8 Å². The lowest BCUT2D eigenvalue weighted by Gasteiger charge is -2.10. The molecule has 0 fully saturated rings. The van der Waals surface area contributed by atoms with E-state index in [0.717, 1.165) is 23.6 Å². The SMILES string of the molecule is Cc1cc(C(=O)COc2ccc(-n3cnnn3)cc2)c(C)n1Cc1ccccc1. The van der Waals surface area contributed by atoms with Crippen molar-refractivity contribution in [2.45, 2.75) is 20.4 Å². The molecule has 0 aliphatic heterocycles. The van der Waals surface area contributed by atoms with Crippen molar-refractivity contribution in [3.8, 4) is 11.4 Å². The molecule has 2 aromatic heterocycles. The highest BCUT2D eigenvalue weighted by Gasteiger charge is 2.16. The molecule has 7 nitrogen and oxygen atoms in total. The molecule has 0 aliphatic rings. The minimum absolute atomic E-state index is 0.0140. The summed E-state index contributed by atoms with van der Waals surface area (Å²) in [5.41, 5.74) is 4.73. The van der Waals surface area contributed by atoms with Gasteiger partial charge in [-0.05, 0) is 60.2 Å². The first-order chi connectivity index (χ1) is 14.1. The van der Waals surface area contributed by atoms with Gasteiger partial charge in [0.15, 0.2) is 6.61 Å². The van der Waals surface area contributed by atoms with Crippen molar-refractivity contribution in [2.75, 3.05) is 6.61 Å². The van der Waals surface area contributed by atoms with Crippen LogP contribution in [0.4, 0.5) is 0 Å². The first kappa shape index (κ1) is 18.6. The fraction of sp³-hybridized carbons (Fsp3) is 0.182. The van der Waals surface area contributed by atoms with E-state index in [-0.39, 0.29) is 12.4 Å². The number of hydrogen-bond acceptors (Lipinski definition) is 5. The summed E-state index contributed by atoms with van der Waals surface area (Å²) in [6, 6.07) is 19.4. The Hall–Kier alpha value is -3.74. The summed E-state index contributed by atoms with van der Waals surface area (Å²) in [5.74, 6) is 0.579. The van der Waals surface area contributed by atoms with Crippen molar-refractivity contribution < 1.29 is 9.53 Å². The Balaban J connectivity index is 1.43. The van der Waals surface area contributed by atoms with Gasteiger partial charge in [0.25, 0.3) is 0 Å². The van der Waals surface area contributed by atoms with E-state index in [4.69, 9.17) is 4.74 Å². The number of benzene rings is 2. The molecule has 2 heterocycles. The maximum absolute atomic E-state index is 12.7. The minimum atomic E-state index is -0.0398. The van der Waals surface area contributed by atoms with E-state index in [1.807, 2.05) is 50.2 Å². The van der Waals surface area contributed by atoms with Gasteiger partial charge in [-0.15, -0.1) is 5.10 Å². The molecular formula is C22H21N5O2. The van der Waals surface area contributed by atoms with E-state index in [1.165, 1.54) is 11.9 Å². The Bertz CT molecular complexity index is 1100. The van der Waals surface area contributed by atoms with Crippen LogP contribution in [0.5, 0.6) is 5.75 Å². The number of rotatable bonds is 7. The molecular weight excluding hydrogens is 366 g/mol. The Morgan fingerprint density at radius 3 is 2.48 bits per heavy atom. The molecule has 0 N–H and O–H groups in total. The van der Waals surface area contributed by atoms with Crippen LogP contribution < -0.4 is 4.74 Å². The Morgan fingerprint density at radius 1 is 1.03 bits per heavy atom. The second-order valence-corrected chi connectivity index (χ2v) is 6.82. The maximum atomic E-state index is 12.7. The number of aromatic nitrogens is 5. The first-order valence-electron chi connectivity index (χ1n) is 9.32. The summed E-state index contributed by atoms with van der Waals surface area (Å²) in [5, 5.41) is 11.1. The number of tetrazole rings is 1. The zero-order valence-corrected chi connectivity index (χ0v) is 16.3. The summed E-state index contributed by atoms with van der Waals surface area (Å²) in [4.78, 5) is 12.7. The fourth-order valence-electron chi connectivity index (χ4n) is 3.29. The van der Waals surface area contributed by atoms with Gasteiger partial charge in [0.1, 0.15) is 12.1 Å². The van der Waals surface area contributed by atoms with E-state index in [2.05, 4.69) is 32.2 Å². The molecule has 0 aliphatic carbocycles. The highest BCUT2D eigenvalue weighted by molar-refractivity contribution is 5.98. The maximum Gasteiger partial charge on any atom is 0.202 e. The van der Waals surface area contributed by atoms with Crippen LogP contribution >= 0.6 is 0 Å². The van der Waals surface area contributed by atoms with Crippen molar-refractivity contribution in [1.29, 1.82) is 0 Å². The highest BCUT2D eigenvalue weighted by Crippen LogP contribution is 2.19. The Morgan fingerprint density at radius 2 is 1.79 bits per heavy atom. The normalized spacial score (nSPS) is 10.8. The van der Waals surface area contributed by atoms with Gasteiger partial charge in [0.05, 0.1) is 5.69 Å². The molecule has 0 bridgehead atoms. The van der Waals surface area contributed by atoms with Crippen LogP contribution in [-0.4, -0.2) is 37.2 Å². The summed E-state index contributed by atoms with van der Waals surface area (Å²) >= 11 is 0. The lowest BCUT2D eigenvalue weighted by Crippen LogP contribution is -2.13. The molecule has 0 radical (unpaired) electrons. The highest BCUT2D eigenvalue weighted by atomic mass is 16.5. The number of ether oxygens (including phenoxy) is 1. The molecule has 0 spiro atoms. The summed E-state index contributed by atoms with van der Waals surface area (Å²) < 4.78 is 9.41. The minimum Gasteiger partial charge on any atom is -0.485 e. The second-order valence-electron chi connectivity index (χ2n) is 6.82. The second kappa shape index (κ2) is 8.10. The topological polar surface area (TPSA) is 74.8 Å². The van der Waals surface area contributed by atoms with Gasteiger partial charge in [0.2, 0.25) is 5.78 Å². The molecule has 4 aromatic rings. The molecule has 146 valence electrons. The largest absolute Gasteiger partial charge is 0.485 e. The molecule has 0 amide bonds. The van der Waals surface area contributed by atoms with E-state index in [0.29, 0.717) is 11.3 Å². The van der Waals surface area contributed by atoms with Gasteiger partial charge in [-0.25, -0.2) is 4.68 Å². The Labute approximate surface area is 168 Å². The first-order valence-corrected chi connectivity index (χ1v) is 9.32. The van der Waals surface area contributed by atoms with E-state index >= 15 is 0 Å². The van der Waals surface area contributed by atoms with Crippen molar-refractivity contribution in [1.82, 2.24) is 24.8 Å². The Kier molecular flexibility index (Phi) is 5.20. The molecule has 0 saturated heterocycles. The van der Waals surface area contributed by atoms with Crippen LogP contribution in [0.2, 0.25) is 0 Å². The molecule has 2 aromatic carbocycles. The monoisotopic (exact) mass is 387 g/mol. The smallest absolute Gasteiger partial charge is 0.202 e. The third kappa shape index (κ3) is 4.08. The van der Waals surface area contributed by atoms with E-state index < -0.39 is 0 Å². The number of hydrogen-bond donors (Lipinski definition) is 0. The van der Waals surface area contributed by atoms with Crippen LogP contribution in [0.3, 0.4) is 0 Å². The van der Waals surface area contributed by atoms with Crippen molar-refractivity contribution >= 4 is 5.78 Å². The van der Waals surface area contributed by atoms with Crippen LogP contribution in [0.1, 0.15) is 27.3 Å². The van der Waals surface area contributed by atoms with Gasteiger partial charge in [-0.1, -0.05) is 30.3 Å². The van der Waals surface area contributed by atoms with Gasteiger partial charge in [-0.2, -0.15) is 0 Å². The molecule has 0 unspecified atom stereocenters. The van der Waals surface area contributed by atoms with Crippen molar-refractivity contribution in [3.05, 3.63) is 89.5 Å².